The monoisotopic (exact) mass is 421 g/mol. The highest BCUT2D eigenvalue weighted by molar-refractivity contribution is 6.10. The average molecular weight is 421 g/mol. The van der Waals surface area contributed by atoms with Crippen LogP contribution in [0.2, 0.25) is 0 Å². The van der Waals surface area contributed by atoms with Crippen LogP contribution in [0.1, 0.15) is 16.1 Å². The zero-order valence-corrected chi connectivity index (χ0v) is 16.9. The Morgan fingerprint density at radius 2 is 1.74 bits per heavy atom. The summed E-state index contributed by atoms with van der Waals surface area (Å²) in [5, 5.41) is 12.7. The topological polar surface area (TPSA) is 131 Å². The quantitative estimate of drug-likeness (QED) is 0.271. The minimum absolute atomic E-state index is 0.174. The molecular formula is C23H23N3O5. The molecule has 8 nitrogen and oxygen atoms in total. The minimum Gasteiger partial charge on any atom is -0.480 e. The van der Waals surface area contributed by atoms with Gasteiger partial charge in [0, 0.05) is 18.0 Å². The minimum atomic E-state index is -1.74. The molecule has 0 bridgehead atoms. The predicted octanol–water partition coefficient (Wildman–Crippen LogP) is 1.32. The van der Waals surface area contributed by atoms with E-state index in [0.29, 0.717) is 0 Å². The molecule has 0 fully saturated rings. The molecule has 0 radical (unpaired) electrons. The van der Waals surface area contributed by atoms with E-state index in [0.717, 1.165) is 16.5 Å². The highest BCUT2D eigenvalue weighted by atomic mass is 16.4. The lowest BCUT2D eigenvalue weighted by Crippen LogP contribution is -2.54. The third-order valence-corrected chi connectivity index (χ3v) is 5.21. The summed E-state index contributed by atoms with van der Waals surface area (Å²) in [6.45, 7) is 0. The number of nitrogens with two attached hydrogens (primary N) is 1. The Bertz CT molecular complexity index is 1120. The summed E-state index contributed by atoms with van der Waals surface area (Å²) in [6, 6.07) is 15.0. The molecule has 2 aromatic carbocycles. The van der Waals surface area contributed by atoms with Gasteiger partial charge in [-0.15, -0.1) is 0 Å². The molecule has 1 heterocycles. The van der Waals surface area contributed by atoms with Crippen LogP contribution >= 0.6 is 0 Å². The first-order valence-corrected chi connectivity index (χ1v) is 9.70. The van der Waals surface area contributed by atoms with Gasteiger partial charge >= 0.3 is 5.97 Å². The van der Waals surface area contributed by atoms with Crippen LogP contribution in [-0.4, -0.2) is 45.7 Å². The van der Waals surface area contributed by atoms with Gasteiger partial charge in [0.1, 0.15) is 18.2 Å². The van der Waals surface area contributed by atoms with Crippen molar-refractivity contribution < 1.29 is 24.3 Å². The Balaban J connectivity index is 1.81. The number of hydrogen-bond donors (Lipinski definition) is 3. The van der Waals surface area contributed by atoms with E-state index in [4.69, 9.17) is 5.73 Å². The smallest absolute Gasteiger partial charge is 0.327 e. The second-order valence-corrected chi connectivity index (χ2v) is 7.29. The first-order valence-electron chi connectivity index (χ1n) is 9.70. The number of carboxylic acid groups (broad SMARTS) is 1. The summed E-state index contributed by atoms with van der Waals surface area (Å²) < 4.78 is 1.59. The number of rotatable bonds is 9. The molecule has 3 aromatic rings. The van der Waals surface area contributed by atoms with Crippen molar-refractivity contribution in [3.05, 3.63) is 71.9 Å². The third kappa shape index (κ3) is 4.70. The number of aldehydes is 1. The Labute approximate surface area is 178 Å². The number of nitrogens with zero attached hydrogens (tertiary/aromatic N) is 1. The molecule has 1 aromatic heterocycles. The van der Waals surface area contributed by atoms with E-state index in [9.17, 15) is 24.3 Å². The maximum atomic E-state index is 13.1. The molecule has 0 aliphatic heterocycles. The fourth-order valence-corrected chi connectivity index (χ4v) is 3.51. The summed E-state index contributed by atoms with van der Waals surface area (Å²) in [6.07, 6.45) is 0.434. The number of carbonyl (C=O) groups excluding carboxylic acids is 3. The number of nitrogens with one attached hydrogen (secondary N) is 1. The zero-order valence-electron chi connectivity index (χ0n) is 16.9. The number of hydrogen-bond acceptors (Lipinski definition) is 5. The van der Waals surface area contributed by atoms with Gasteiger partial charge in [-0.1, -0.05) is 48.5 Å². The summed E-state index contributed by atoms with van der Waals surface area (Å²) in [4.78, 5) is 49.2. The molecule has 3 atom stereocenters. The average Bonchev–Trinajstić information content (AvgIpc) is 3.10. The van der Waals surface area contributed by atoms with Crippen LogP contribution in [-0.2, 0) is 27.9 Å². The summed E-state index contributed by atoms with van der Waals surface area (Å²) in [7, 11) is 1.65. The van der Waals surface area contributed by atoms with Gasteiger partial charge < -0.3 is 25.5 Å². The number of carbonyl (C=O) groups is 4. The number of aliphatic carboxylic acids is 1. The van der Waals surface area contributed by atoms with E-state index in [-0.39, 0.29) is 18.4 Å². The van der Waals surface area contributed by atoms with E-state index in [1.807, 2.05) is 18.2 Å². The Hall–Kier alpha value is -3.78. The Morgan fingerprint density at radius 3 is 2.35 bits per heavy atom. The Kier molecular flexibility index (Phi) is 6.61. The molecule has 2 unspecified atom stereocenters. The largest absolute Gasteiger partial charge is 0.480 e. The van der Waals surface area contributed by atoms with Crippen LogP contribution in [0.4, 0.5) is 0 Å². The number of carboxylic acids is 1. The predicted molar refractivity (Wildman–Crippen MR) is 114 cm³/mol. The molecule has 1 amide bonds. The molecule has 31 heavy (non-hydrogen) atoms. The molecule has 3 rings (SSSR count). The number of para-hydroxylation sites is 1. The lowest BCUT2D eigenvalue weighted by molar-refractivity contribution is -0.144. The van der Waals surface area contributed by atoms with Crippen molar-refractivity contribution in [2.45, 2.75) is 18.5 Å². The van der Waals surface area contributed by atoms with Crippen molar-refractivity contribution in [3.63, 3.8) is 0 Å². The molecular weight excluding hydrogens is 398 g/mol. The van der Waals surface area contributed by atoms with Crippen LogP contribution in [0.15, 0.2) is 60.7 Å². The van der Waals surface area contributed by atoms with E-state index in [1.54, 1.807) is 54.1 Å². The van der Waals surface area contributed by atoms with Crippen LogP contribution in [0.25, 0.3) is 10.9 Å². The normalized spacial score (nSPS) is 13.9. The SMILES string of the molecule is Cn1c(C(=O)[C@H](C=O)C(NC(=O)C(N)Cc2ccccc2)C(=O)O)cc2ccccc21. The fourth-order valence-electron chi connectivity index (χ4n) is 3.51. The van der Waals surface area contributed by atoms with Gasteiger partial charge in [0.05, 0.1) is 11.7 Å². The number of amides is 1. The number of benzene rings is 2. The van der Waals surface area contributed by atoms with E-state index < -0.39 is 35.7 Å². The molecule has 160 valence electrons. The maximum Gasteiger partial charge on any atom is 0.327 e. The van der Waals surface area contributed by atoms with Gasteiger partial charge in [0.2, 0.25) is 5.91 Å². The van der Waals surface area contributed by atoms with Crippen molar-refractivity contribution in [2.24, 2.45) is 18.7 Å². The van der Waals surface area contributed by atoms with Gasteiger partial charge in [-0.25, -0.2) is 4.79 Å². The second kappa shape index (κ2) is 9.36. The molecule has 0 saturated carbocycles. The van der Waals surface area contributed by atoms with Crippen LogP contribution in [0.3, 0.4) is 0 Å². The molecule has 8 heteroatoms. The van der Waals surface area contributed by atoms with Gasteiger partial charge in [0.25, 0.3) is 0 Å². The molecule has 0 saturated heterocycles. The molecule has 4 N–H and O–H groups in total. The van der Waals surface area contributed by atoms with Crippen molar-refractivity contribution in [3.8, 4) is 0 Å². The molecule has 0 aliphatic carbocycles. The van der Waals surface area contributed by atoms with Crippen LogP contribution in [0.5, 0.6) is 0 Å². The van der Waals surface area contributed by atoms with Crippen molar-refractivity contribution in [1.29, 1.82) is 0 Å². The highest BCUT2D eigenvalue weighted by Crippen LogP contribution is 2.21. The summed E-state index contributed by atoms with van der Waals surface area (Å²) >= 11 is 0. The van der Waals surface area contributed by atoms with Gasteiger partial charge in [-0.05, 0) is 24.1 Å². The zero-order chi connectivity index (χ0) is 22.5. The summed E-state index contributed by atoms with van der Waals surface area (Å²) in [5.41, 5.74) is 7.65. The second-order valence-electron chi connectivity index (χ2n) is 7.29. The number of aryl methyl sites for hydroxylation is 1. The van der Waals surface area contributed by atoms with Crippen molar-refractivity contribution in [1.82, 2.24) is 9.88 Å². The first kappa shape index (κ1) is 21.9. The van der Waals surface area contributed by atoms with E-state index in [2.05, 4.69) is 5.32 Å². The van der Waals surface area contributed by atoms with Crippen LogP contribution in [0, 0.1) is 5.92 Å². The van der Waals surface area contributed by atoms with Gasteiger partial charge in [0.15, 0.2) is 5.78 Å². The fraction of sp³-hybridized carbons (Fsp3) is 0.217. The molecule has 0 spiro atoms. The summed E-state index contributed by atoms with van der Waals surface area (Å²) in [5.74, 6) is -4.55. The number of aromatic nitrogens is 1. The van der Waals surface area contributed by atoms with Crippen molar-refractivity contribution >= 4 is 34.8 Å². The third-order valence-electron chi connectivity index (χ3n) is 5.21. The standard InChI is InChI=1S/C23H23N3O5/c1-26-18-10-6-5-9-15(18)12-19(26)21(28)16(13-27)20(23(30)31)25-22(29)17(24)11-14-7-3-2-4-8-14/h2-10,12-13,16-17,20H,11,24H2,1H3,(H,25,29)(H,30,31)/t16-,17?,20?/m1/s1. The lowest BCUT2D eigenvalue weighted by Gasteiger charge is -2.22. The number of ketones is 1. The maximum absolute atomic E-state index is 13.1. The lowest BCUT2D eigenvalue weighted by atomic mass is 9.93. The van der Waals surface area contributed by atoms with Crippen molar-refractivity contribution in [2.75, 3.05) is 0 Å². The number of fused-ring (bicyclic) bond motifs is 1. The Morgan fingerprint density at radius 1 is 1.10 bits per heavy atom. The van der Waals surface area contributed by atoms with E-state index in [1.165, 1.54) is 0 Å². The van der Waals surface area contributed by atoms with Crippen LogP contribution < -0.4 is 11.1 Å². The number of Topliss-reactive ketones (excluding diaryl/α,β-unsaturated/α-hetero) is 1. The first-order chi connectivity index (χ1) is 14.8. The highest BCUT2D eigenvalue weighted by Gasteiger charge is 2.37. The van der Waals surface area contributed by atoms with E-state index >= 15 is 0 Å². The van der Waals surface area contributed by atoms with Gasteiger partial charge in [-0.3, -0.25) is 9.59 Å². The van der Waals surface area contributed by atoms with Gasteiger partial charge in [-0.2, -0.15) is 0 Å². The molecule has 0 aliphatic rings.